The first-order valence-electron chi connectivity index (χ1n) is 9.89. The van der Waals surface area contributed by atoms with Crippen molar-refractivity contribution in [2.24, 2.45) is 7.05 Å². The maximum Gasteiger partial charge on any atom is 0.420 e. The monoisotopic (exact) mass is 482 g/mol. The van der Waals surface area contributed by atoms with E-state index in [1.807, 2.05) is 6.07 Å². The maximum atomic E-state index is 14.2. The molecule has 0 bridgehead atoms. The molecule has 1 aromatic carbocycles. The van der Waals surface area contributed by atoms with Crippen molar-refractivity contribution in [2.75, 3.05) is 12.1 Å². The Labute approximate surface area is 194 Å². The number of nitrogens with one attached hydrogen (secondary N) is 1. The second kappa shape index (κ2) is 8.13. The lowest BCUT2D eigenvalue weighted by Gasteiger charge is -2.12. The first kappa shape index (κ1) is 21.9. The van der Waals surface area contributed by atoms with E-state index >= 15 is 0 Å². The first-order valence-corrected chi connectivity index (χ1v) is 9.89. The number of aromatic nitrogens is 6. The molecule has 0 spiro atoms. The fourth-order valence-corrected chi connectivity index (χ4v) is 3.64. The number of hydrogen-bond donors (Lipinski definition) is 1. The SMILES string of the molecule is Cn1nc(-c2cccc3c2OCO3)c(C(F)(F)F)c1C(=O)Nc1cnc(-n2nccn2)c(C#N)c1. The van der Waals surface area contributed by atoms with Crippen molar-refractivity contribution in [1.82, 2.24) is 29.8 Å². The fraction of sp³-hybridized carbons (Fsp3) is 0.143. The average molecular weight is 482 g/mol. The quantitative estimate of drug-likeness (QED) is 0.470. The van der Waals surface area contributed by atoms with E-state index in [1.54, 1.807) is 6.07 Å². The summed E-state index contributed by atoms with van der Waals surface area (Å²) in [5, 5.41) is 23.6. The van der Waals surface area contributed by atoms with Crippen molar-refractivity contribution >= 4 is 11.6 Å². The zero-order valence-electron chi connectivity index (χ0n) is 17.7. The maximum absolute atomic E-state index is 14.2. The predicted molar refractivity (Wildman–Crippen MR) is 112 cm³/mol. The van der Waals surface area contributed by atoms with Crippen LogP contribution in [0, 0.1) is 11.3 Å². The molecule has 11 nitrogen and oxygen atoms in total. The Hall–Kier alpha value is -4.93. The Bertz CT molecular complexity index is 1490. The minimum atomic E-state index is -4.93. The summed E-state index contributed by atoms with van der Waals surface area (Å²) >= 11 is 0. The van der Waals surface area contributed by atoms with Gasteiger partial charge in [-0.05, 0) is 18.2 Å². The van der Waals surface area contributed by atoms with E-state index in [-0.39, 0.29) is 40.9 Å². The van der Waals surface area contributed by atoms with Crippen LogP contribution in [-0.4, -0.2) is 42.5 Å². The molecule has 0 atom stereocenters. The summed E-state index contributed by atoms with van der Waals surface area (Å²) in [6, 6.07) is 7.61. The Kier molecular flexibility index (Phi) is 5.09. The van der Waals surface area contributed by atoms with Crippen molar-refractivity contribution < 1.29 is 27.4 Å². The number of carbonyl (C=O) groups is 1. The summed E-state index contributed by atoms with van der Waals surface area (Å²) in [4.78, 5) is 18.2. The third kappa shape index (κ3) is 3.78. The topological polar surface area (TPSA) is 133 Å². The minimum Gasteiger partial charge on any atom is -0.454 e. The Balaban J connectivity index is 1.55. The summed E-state index contributed by atoms with van der Waals surface area (Å²) in [7, 11) is 1.22. The van der Waals surface area contributed by atoms with E-state index in [9.17, 15) is 23.2 Å². The molecule has 0 unspecified atom stereocenters. The van der Waals surface area contributed by atoms with E-state index in [2.05, 4.69) is 25.6 Å². The van der Waals surface area contributed by atoms with Crippen molar-refractivity contribution in [3.63, 3.8) is 0 Å². The second-order valence-electron chi connectivity index (χ2n) is 7.21. The number of alkyl halides is 3. The predicted octanol–water partition coefficient (Wildman–Crippen LogP) is 2.93. The number of pyridine rings is 1. The van der Waals surface area contributed by atoms with Crippen LogP contribution in [0.15, 0.2) is 42.9 Å². The number of nitrogens with zero attached hydrogens (tertiary/aromatic N) is 7. The largest absolute Gasteiger partial charge is 0.454 e. The summed E-state index contributed by atoms with van der Waals surface area (Å²) < 4.78 is 54.0. The zero-order chi connectivity index (χ0) is 24.7. The number of benzene rings is 1. The molecular weight excluding hydrogens is 469 g/mol. The summed E-state index contributed by atoms with van der Waals surface area (Å²) in [6.45, 7) is -0.147. The van der Waals surface area contributed by atoms with Gasteiger partial charge in [0.25, 0.3) is 5.91 Å². The summed E-state index contributed by atoms with van der Waals surface area (Å²) in [6.07, 6.45) is -0.978. The molecule has 1 N–H and O–H groups in total. The van der Waals surface area contributed by atoms with Crippen molar-refractivity contribution in [3.05, 3.63) is 59.7 Å². The molecule has 176 valence electrons. The molecule has 4 aromatic rings. The van der Waals surface area contributed by atoms with Crippen LogP contribution in [0.3, 0.4) is 0 Å². The molecule has 1 aliphatic rings. The van der Waals surface area contributed by atoms with Gasteiger partial charge >= 0.3 is 6.18 Å². The Morgan fingerprint density at radius 1 is 1.23 bits per heavy atom. The van der Waals surface area contributed by atoms with E-state index < -0.39 is 29.0 Å². The molecule has 1 aliphatic heterocycles. The molecular formula is C21H13F3N8O3. The zero-order valence-corrected chi connectivity index (χ0v) is 17.7. The van der Waals surface area contributed by atoms with Crippen LogP contribution in [0.25, 0.3) is 17.1 Å². The van der Waals surface area contributed by atoms with Crippen molar-refractivity contribution in [3.8, 4) is 34.6 Å². The molecule has 35 heavy (non-hydrogen) atoms. The van der Waals surface area contributed by atoms with Gasteiger partial charge in [0, 0.05) is 12.6 Å². The molecule has 5 rings (SSSR count). The standard InChI is InChI=1S/C21H13F3N8O3/c1-31-17(20(33)29-12-7-11(8-25)19(26-9-12)32-27-5-6-28-32)15(21(22,23)24)16(30-31)13-3-2-4-14-18(13)35-10-34-14/h2-7,9H,10H2,1H3,(H,29,33). The third-order valence-electron chi connectivity index (χ3n) is 5.05. The van der Waals surface area contributed by atoms with Crippen LogP contribution < -0.4 is 14.8 Å². The highest BCUT2D eigenvalue weighted by atomic mass is 19.4. The van der Waals surface area contributed by atoms with Gasteiger partial charge in [-0.15, -0.1) is 4.80 Å². The Morgan fingerprint density at radius 3 is 2.71 bits per heavy atom. The van der Waals surface area contributed by atoms with Crippen molar-refractivity contribution in [2.45, 2.75) is 6.18 Å². The average Bonchev–Trinajstić information content (AvgIpc) is 3.57. The second-order valence-corrected chi connectivity index (χ2v) is 7.21. The van der Waals surface area contributed by atoms with Crippen LogP contribution >= 0.6 is 0 Å². The number of amides is 1. The van der Waals surface area contributed by atoms with Gasteiger partial charge in [0.1, 0.15) is 28.6 Å². The summed E-state index contributed by atoms with van der Waals surface area (Å²) in [5.41, 5.74) is -2.43. The molecule has 0 saturated heterocycles. The van der Waals surface area contributed by atoms with Crippen LogP contribution in [0.4, 0.5) is 18.9 Å². The van der Waals surface area contributed by atoms with Gasteiger partial charge in [-0.2, -0.15) is 33.7 Å². The van der Waals surface area contributed by atoms with Gasteiger partial charge in [0.05, 0.1) is 24.3 Å². The minimum absolute atomic E-state index is 0.00210. The van der Waals surface area contributed by atoms with Gasteiger partial charge in [-0.1, -0.05) is 6.07 Å². The van der Waals surface area contributed by atoms with Gasteiger partial charge in [-0.3, -0.25) is 9.48 Å². The number of carbonyl (C=O) groups excluding carboxylic acids is 1. The van der Waals surface area contributed by atoms with Gasteiger partial charge < -0.3 is 14.8 Å². The Morgan fingerprint density at radius 2 is 2.00 bits per heavy atom. The lowest BCUT2D eigenvalue weighted by molar-refractivity contribution is -0.137. The number of hydrogen-bond acceptors (Lipinski definition) is 8. The van der Waals surface area contributed by atoms with Gasteiger partial charge in [-0.25, -0.2) is 4.98 Å². The highest BCUT2D eigenvalue weighted by Crippen LogP contribution is 2.46. The van der Waals surface area contributed by atoms with E-state index in [1.165, 1.54) is 43.8 Å². The molecule has 0 fully saturated rings. The normalized spacial score (nSPS) is 12.4. The molecule has 0 saturated carbocycles. The van der Waals surface area contributed by atoms with E-state index in [4.69, 9.17) is 9.47 Å². The van der Waals surface area contributed by atoms with Crippen LogP contribution in [0.1, 0.15) is 21.6 Å². The number of nitriles is 1. The molecule has 0 radical (unpaired) electrons. The van der Waals surface area contributed by atoms with E-state index in [0.717, 1.165) is 9.48 Å². The molecule has 3 aromatic heterocycles. The number of fused-ring (bicyclic) bond motifs is 1. The molecule has 4 heterocycles. The van der Waals surface area contributed by atoms with Crippen LogP contribution in [-0.2, 0) is 13.2 Å². The number of ether oxygens (including phenoxy) is 2. The first-order chi connectivity index (χ1) is 16.8. The van der Waals surface area contributed by atoms with Crippen LogP contribution in [0.5, 0.6) is 11.5 Å². The molecule has 14 heteroatoms. The summed E-state index contributed by atoms with van der Waals surface area (Å²) in [5.74, 6) is -0.628. The van der Waals surface area contributed by atoms with Gasteiger partial charge in [0.15, 0.2) is 17.3 Å². The van der Waals surface area contributed by atoms with Gasteiger partial charge in [0.2, 0.25) is 6.79 Å². The number of aryl methyl sites for hydroxylation is 1. The lowest BCUT2D eigenvalue weighted by Crippen LogP contribution is -2.21. The number of para-hydroxylation sites is 1. The third-order valence-corrected chi connectivity index (χ3v) is 5.05. The number of halogens is 3. The fourth-order valence-electron chi connectivity index (χ4n) is 3.64. The number of anilines is 1. The molecule has 1 amide bonds. The van der Waals surface area contributed by atoms with E-state index in [0.29, 0.717) is 0 Å². The lowest BCUT2D eigenvalue weighted by atomic mass is 10.0. The smallest absolute Gasteiger partial charge is 0.420 e. The highest BCUT2D eigenvalue weighted by molar-refractivity contribution is 6.05. The molecule has 0 aliphatic carbocycles. The van der Waals surface area contributed by atoms with Crippen molar-refractivity contribution in [1.29, 1.82) is 5.26 Å². The van der Waals surface area contributed by atoms with Crippen LogP contribution in [0.2, 0.25) is 0 Å². The number of rotatable bonds is 4. The highest BCUT2D eigenvalue weighted by Gasteiger charge is 2.43.